The number of aryl methyl sites for hydroxylation is 1. The average molecular weight is 450 g/mol. The molecule has 4 heterocycles. The molecule has 176 valence electrons. The van der Waals surface area contributed by atoms with E-state index in [9.17, 15) is 4.79 Å². The van der Waals surface area contributed by atoms with Crippen molar-refractivity contribution in [3.05, 3.63) is 45.7 Å². The summed E-state index contributed by atoms with van der Waals surface area (Å²) in [6.07, 6.45) is 6.33. The van der Waals surface area contributed by atoms with Crippen LogP contribution in [0.25, 0.3) is 11.0 Å². The summed E-state index contributed by atoms with van der Waals surface area (Å²) in [6.45, 7) is 7.63. The molecule has 3 aromatic rings. The summed E-state index contributed by atoms with van der Waals surface area (Å²) in [5.74, 6) is 1.52. The molecule has 0 unspecified atom stereocenters. The fraction of sp³-hybridized carbons (Fsp3) is 0.560. The first-order chi connectivity index (χ1) is 16.1. The van der Waals surface area contributed by atoms with E-state index < -0.39 is 0 Å². The molecule has 1 fully saturated rings. The molecule has 0 saturated carbocycles. The number of nitrogens with zero attached hydrogens (tertiary/aromatic N) is 5. The lowest BCUT2D eigenvalue weighted by atomic mass is 9.94. The Morgan fingerprint density at radius 1 is 1.18 bits per heavy atom. The molecular formula is C25H35N7O. The third-order valence-electron chi connectivity index (χ3n) is 7.42. The number of aromatic amines is 1. The number of benzene rings is 1. The van der Waals surface area contributed by atoms with Gasteiger partial charge in [0, 0.05) is 38.3 Å². The van der Waals surface area contributed by atoms with Crippen LogP contribution in [0.5, 0.6) is 0 Å². The Labute approximate surface area is 194 Å². The third-order valence-corrected chi connectivity index (χ3v) is 7.42. The lowest BCUT2D eigenvalue weighted by Crippen LogP contribution is -2.45. The Hall–Kier alpha value is -2.87. The molecule has 1 saturated heterocycles. The van der Waals surface area contributed by atoms with Crippen molar-refractivity contribution in [1.29, 1.82) is 0 Å². The van der Waals surface area contributed by atoms with E-state index in [1.54, 1.807) is 0 Å². The van der Waals surface area contributed by atoms with Gasteiger partial charge in [-0.1, -0.05) is 24.3 Å². The van der Waals surface area contributed by atoms with Gasteiger partial charge >= 0.3 is 0 Å². The maximum absolute atomic E-state index is 13.5. The number of rotatable bonds is 6. The van der Waals surface area contributed by atoms with E-state index in [2.05, 4.69) is 58.1 Å². The van der Waals surface area contributed by atoms with E-state index in [1.807, 2.05) is 4.57 Å². The van der Waals surface area contributed by atoms with Crippen molar-refractivity contribution in [3.8, 4) is 0 Å². The summed E-state index contributed by atoms with van der Waals surface area (Å²) in [5.41, 5.74) is 9.64. The zero-order valence-corrected chi connectivity index (χ0v) is 19.8. The largest absolute Gasteiger partial charge is 0.354 e. The first kappa shape index (κ1) is 21.9. The second kappa shape index (κ2) is 9.17. The molecule has 2 aliphatic heterocycles. The summed E-state index contributed by atoms with van der Waals surface area (Å²) >= 11 is 0. The van der Waals surface area contributed by atoms with Crippen molar-refractivity contribution in [2.75, 3.05) is 29.4 Å². The maximum Gasteiger partial charge on any atom is 0.268 e. The van der Waals surface area contributed by atoms with Crippen molar-refractivity contribution in [3.63, 3.8) is 0 Å². The molecule has 0 spiro atoms. The van der Waals surface area contributed by atoms with E-state index in [0.717, 1.165) is 63.5 Å². The van der Waals surface area contributed by atoms with E-state index in [1.165, 1.54) is 17.5 Å². The van der Waals surface area contributed by atoms with Crippen LogP contribution in [0.4, 0.5) is 11.8 Å². The standard InChI is InChI=1S/C25H35N7O/c1-3-31-18(11-12-20(26)19-10-6-5-9-17(19)2)13-16-32-24(33)21-22(27-25(31)32)28-29-23(21)30-14-7-4-8-15-30/h5-6,9-10,18,20H,3-4,7-8,11-16,26H2,1-2H3,(H,28,29)/t18-,20+/m1/s1. The molecule has 3 N–H and O–H groups in total. The number of piperidine rings is 1. The Morgan fingerprint density at radius 2 is 1.97 bits per heavy atom. The lowest BCUT2D eigenvalue weighted by molar-refractivity contribution is 0.404. The molecule has 0 aliphatic carbocycles. The molecule has 33 heavy (non-hydrogen) atoms. The number of nitrogens with one attached hydrogen (secondary N) is 1. The van der Waals surface area contributed by atoms with E-state index in [0.29, 0.717) is 23.6 Å². The SMILES string of the molecule is CCN1c2nc3[nH]nc(N4CCCCC4)c3c(=O)n2CC[C@H]1CC[C@H](N)c1ccccc1C. The number of aromatic nitrogens is 4. The van der Waals surface area contributed by atoms with Crippen molar-refractivity contribution < 1.29 is 0 Å². The smallest absolute Gasteiger partial charge is 0.268 e. The predicted octanol–water partition coefficient (Wildman–Crippen LogP) is 3.50. The molecule has 2 aromatic heterocycles. The summed E-state index contributed by atoms with van der Waals surface area (Å²) in [4.78, 5) is 23.0. The molecule has 1 aromatic carbocycles. The van der Waals surface area contributed by atoms with Crippen LogP contribution in [0.1, 0.15) is 62.6 Å². The zero-order chi connectivity index (χ0) is 22.9. The molecule has 8 nitrogen and oxygen atoms in total. The monoisotopic (exact) mass is 449 g/mol. The number of nitrogens with two attached hydrogens (primary N) is 1. The summed E-state index contributed by atoms with van der Waals surface area (Å²) in [6, 6.07) is 8.70. The van der Waals surface area contributed by atoms with E-state index in [-0.39, 0.29) is 11.6 Å². The number of hydrogen-bond acceptors (Lipinski definition) is 6. The second-order valence-electron chi connectivity index (χ2n) is 9.46. The van der Waals surface area contributed by atoms with Gasteiger partial charge in [0.1, 0.15) is 5.39 Å². The quantitative estimate of drug-likeness (QED) is 0.598. The van der Waals surface area contributed by atoms with Gasteiger partial charge in [0.05, 0.1) is 0 Å². The van der Waals surface area contributed by atoms with Crippen molar-refractivity contribution in [1.82, 2.24) is 19.7 Å². The molecule has 8 heteroatoms. The van der Waals surface area contributed by atoms with Crippen molar-refractivity contribution in [2.24, 2.45) is 5.73 Å². The highest BCUT2D eigenvalue weighted by Crippen LogP contribution is 2.30. The highest BCUT2D eigenvalue weighted by atomic mass is 16.1. The predicted molar refractivity (Wildman–Crippen MR) is 133 cm³/mol. The van der Waals surface area contributed by atoms with Crippen LogP contribution < -0.4 is 21.1 Å². The van der Waals surface area contributed by atoms with Gasteiger partial charge in [-0.15, -0.1) is 0 Å². The minimum Gasteiger partial charge on any atom is -0.354 e. The van der Waals surface area contributed by atoms with Gasteiger partial charge in [0.25, 0.3) is 5.56 Å². The first-order valence-electron chi connectivity index (χ1n) is 12.4. The maximum atomic E-state index is 13.5. The molecule has 0 amide bonds. The minimum absolute atomic E-state index is 0.0178. The van der Waals surface area contributed by atoms with Crippen LogP contribution in [-0.4, -0.2) is 45.4 Å². The zero-order valence-electron chi connectivity index (χ0n) is 19.8. The summed E-state index contributed by atoms with van der Waals surface area (Å²) in [5, 5.41) is 8.20. The Morgan fingerprint density at radius 3 is 2.73 bits per heavy atom. The van der Waals surface area contributed by atoms with Gasteiger partial charge in [-0.3, -0.25) is 14.5 Å². The van der Waals surface area contributed by atoms with Crippen molar-refractivity contribution >= 4 is 22.8 Å². The molecule has 2 atom stereocenters. The Kier molecular flexibility index (Phi) is 6.10. The molecule has 2 aliphatic rings. The normalized spacial score (nSPS) is 19.7. The topological polar surface area (TPSA) is 96.1 Å². The molecular weight excluding hydrogens is 414 g/mol. The number of hydrogen-bond donors (Lipinski definition) is 2. The van der Waals surface area contributed by atoms with E-state index in [4.69, 9.17) is 10.7 Å². The number of anilines is 2. The molecule has 5 rings (SSSR count). The number of H-pyrrole nitrogens is 1. The van der Waals surface area contributed by atoms with E-state index >= 15 is 0 Å². The Balaban J connectivity index is 1.40. The lowest BCUT2D eigenvalue weighted by Gasteiger charge is -2.38. The van der Waals surface area contributed by atoms with Crippen LogP contribution in [0.3, 0.4) is 0 Å². The Bertz CT molecular complexity index is 1180. The van der Waals surface area contributed by atoms with Crippen molar-refractivity contribution in [2.45, 2.75) is 71.0 Å². The van der Waals surface area contributed by atoms with Gasteiger partial charge < -0.3 is 15.5 Å². The summed E-state index contributed by atoms with van der Waals surface area (Å²) in [7, 11) is 0. The highest BCUT2D eigenvalue weighted by Gasteiger charge is 2.30. The minimum atomic E-state index is 0.0178. The second-order valence-corrected chi connectivity index (χ2v) is 9.46. The summed E-state index contributed by atoms with van der Waals surface area (Å²) < 4.78 is 1.85. The fourth-order valence-electron chi connectivity index (χ4n) is 5.57. The van der Waals surface area contributed by atoms with Crippen LogP contribution in [0.15, 0.2) is 29.1 Å². The average Bonchev–Trinajstić information content (AvgIpc) is 3.27. The molecule has 0 bridgehead atoms. The van der Waals surface area contributed by atoms with Gasteiger partial charge in [0.15, 0.2) is 11.5 Å². The third kappa shape index (κ3) is 4.01. The molecule has 0 radical (unpaired) electrons. The van der Waals surface area contributed by atoms with Crippen LogP contribution in [0.2, 0.25) is 0 Å². The van der Waals surface area contributed by atoms with Gasteiger partial charge in [-0.05, 0) is 63.5 Å². The fourth-order valence-corrected chi connectivity index (χ4v) is 5.57. The van der Waals surface area contributed by atoms with Crippen LogP contribution >= 0.6 is 0 Å². The van der Waals surface area contributed by atoms with Gasteiger partial charge in [-0.2, -0.15) is 10.1 Å². The van der Waals surface area contributed by atoms with Crippen LogP contribution in [-0.2, 0) is 6.54 Å². The van der Waals surface area contributed by atoms with Gasteiger partial charge in [-0.25, -0.2) is 0 Å². The first-order valence-corrected chi connectivity index (χ1v) is 12.4. The van der Waals surface area contributed by atoms with Gasteiger partial charge in [0.2, 0.25) is 5.95 Å². The highest BCUT2D eigenvalue weighted by molar-refractivity contribution is 5.87. The van der Waals surface area contributed by atoms with Crippen LogP contribution in [0, 0.1) is 6.92 Å². The number of fused-ring (bicyclic) bond motifs is 2.